The van der Waals surface area contributed by atoms with Crippen molar-refractivity contribution in [2.75, 3.05) is 32.8 Å². The third-order valence-electron chi connectivity index (χ3n) is 5.26. The van der Waals surface area contributed by atoms with Gasteiger partial charge in [0.25, 0.3) is 5.91 Å². The fourth-order valence-corrected chi connectivity index (χ4v) is 3.66. The molecule has 2 heterocycles. The van der Waals surface area contributed by atoms with Crippen LogP contribution in [0.4, 0.5) is 0 Å². The number of carbonyl (C=O) groups is 2. The van der Waals surface area contributed by atoms with Crippen LogP contribution >= 0.6 is 0 Å². The number of amides is 2. The molecule has 0 aliphatic carbocycles. The summed E-state index contributed by atoms with van der Waals surface area (Å²) in [7, 11) is 0. The van der Waals surface area contributed by atoms with Gasteiger partial charge in [-0.2, -0.15) is 0 Å². The minimum atomic E-state index is -0.110. The maximum atomic E-state index is 12.5. The van der Waals surface area contributed by atoms with Crippen LogP contribution in [-0.4, -0.2) is 49.5 Å². The SMILES string of the molecule is CCC(NC(=O)C1CCNC1)c1ccccc1OCC(=O)N1CCCC1. The Morgan fingerprint density at radius 1 is 1.31 bits per heavy atom. The number of benzene rings is 1. The summed E-state index contributed by atoms with van der Waals surface area (Å²) < 4.78 is 5.85. The Balaban J connectivity index is 1.63. The molecule has 6 heteroatoms. The van der Waals surface area contributed by atoms with Crippen LogP contribution in [0.5, 0.6) is 5.75 Å². The predicted molar refractivity (Wildman–Crippen MR) is 99.9 cm³/mol. The molecule has 0 radical (unpaired) electrons. The summed E-state index contributed by atoms with van der Waals surface area (Å²) in [6, 6.07) is 7.57. The number of nitrogens with zero attached hydrogens (tertiary/aromatic N) is 1. The number of para-hydroxylation sites is 1. The topological polar surface area (TPSA) is 70.7 Å². The normalized spacial score (nSPS) is 20.8. The highest BCUT2D eigenvalue weighted by Gasteiger charge is 2.26. The lowest BCUT2D eigenvalue weighted by Crippen LogP contribution is -2.35. The van der Waals surface area contributed by atoms with E-state index in [4.69, 9.17) is 4.74 Å². The first kappa shape index (κ1) is 18.7. The molecule has 142 valence electrons. The van der Waals surface area contributed by atoms with E-state index < -0.39 is 0 Å². The van der Waals surface area contributed by atoms with E-state index in [9.17, 15) is 9.59 Å². The maximum absolute atomic E-state index is 12.5. The average molecular weight is 359 g/mol. The number of ether oxygens (including phenoxy) is 1. The van der Waals surface area contributed by atoms with Gasteiger partial charge in [0.2, 0.25) is 5.91 Å². The molecule has 0 spiro atoms. The van der Waals surface area contributed by atoms with Gasteiger partial charge in [0, 0.05) is 25.2 Å². The number of nitrogens with one attached hydrogen (secondary N) is 2. The maximum Gasteiger partial charge on any atom is 0.260 e. The number of carbonyl (C=O) groups excluding carboxylic acids is 2. The Bertz CT molecular complexity index is 622. The third-order valence-corrected chi connectivity index (χ3v) is 5.26. The first-order valence-electron chi connectivity index (χ1n) is 9.69. The van der Waals surface area contributed by atoms with Crippen molar-refractivity contribution >= 4 is 11.8 Å². The molecule has 2 saturated heterocycles. The smallest absolute Gasteiger partial charge is 0.260 e. The number of hydrogen-bond acceptors (Lipinski definition) is 4. The molecule has 6 nitrogen and oxygen atoms in total. The molecule has 2 N–H and O–H groups in total. The van der Waals surface area contributed by atoms with E-state index in [0.29, 0.717) is 5.75 Å². The van der Waals surface area contributed by atoms with E-state index in [1.165, 1.54) is 0 Å². The highest BCUT2D eigenvalue weighted by molar-refractivity contribution is 5.80. The molecule has 2 aliphatic heterocycles. The van der Waals surface area contributed by atoms with Crippen LogP contribution in [0, 0.1) is 5.92 Å². The molecule has 0 bridgehead atoms. The molecule has 0 saturated carbocycles. The van der Waals surface area contributed by atoms with Crippen LogP contribution in [0.3, 0.4) is 0 Å². The van der Waals surface area contributed by atoms with Crippen LogP contribution in [0.25, 0.3) is 0 Å². The quantitative estimate of drug-likeness (QED) is 0.780. The predicted octanol–water partition coefficient (Wildman–Crippen LogP) is 1.86. The molecule has 1 aromatic rings. The van der Waals surface area contributed by atoms with Crippen molar-refractivity contribution in [3.8, 4) is 5.75 Å². The summed E-state index contributed by atoms with van der Waals surface area (Å²) in [5.74, 6) is 0.835. The van der Waals surface area contributed by atoms with Crippen molar-refractivity contribution in [1.82, 2.24) is 15.5 Å². The molecule has 2 unspecified atom stereocenters. The van der Waals surface area contributed by atoms with Gasteiger partial charge in [-0.1, -0.05) is 25.1 Å². The van der Waals surface area contributed by atoms with E-state index >= 15 is 0 Å². The molecular formula is C20H29N3O3. The third kappa shape index (κ3) is 4.55. The van der Waals surface area contributed by atoms with Gasteiger partial charge < -0.3 is 20.3 Å². The van der Waals surface area contributed by atoms with Crippen molar-refractivity contribution in [1.29, 1.82) is 0 Å². The molecule has 2 atom stereocenters. The zero-order valence-corrected chi connectivity index (χ0v) is 15.5. The number of hydrogen-bond donors (Lipinski definition) is 2. The van der Waals surface area contributed by atoms with Gasteiger partial charge in [0.1, 0.15) is 5.75 Å². The minimum Gasteiger partial charge on any atom is -0.483 e. The van der Waals surface area contributed by atoms with Crippen LogP contribution in [0.1, 0.15) is 44.2 Å². The van der Waals surface area contributed by atoms with E-state index in [2.05, 4.69) is 10.6 Å². The zero-order valence-electron chi connectivity index (χ0n) is 15.5. The Hall–Kier alpha value is -2.08. The lowest BCUT2D eigenvalue weighted by molar-refractivity contribution is -0.132. The van der Waals surface area contributed by atoms with Crippen molar-refractivity contribution < 1.29 is 14.3 Å². The minimum absolute atomic E-state index is 0.0337. The Kier molecular flexibility index (Phi) is 6.50. The zero-order chi connectivity index (χ0) is 18.4. The Morgan fingerprint density at radius 3 is 2.77 bits per heavy atom. The van der Waals surface area contributed by atoms with E-state index in [0.717, 1.165) is 57.4 Å². The first-order chi connectivity index (χ1) is 12.7. The van der Waals surface area contributed by atoms with Crippen molar-refractivity contribution in [2.24, 2.45) is 5.92 Å². The molecule has 1 aromatic carbocycles. The van der Waals surface area contributed by atoms with Gasteiger partial charge in [0.15, 0.2) is 6.61 Å². The van der Waals surface area contributed by atoms with E-state index in [-0.39, 0.29) is 30.4 Å². The summed E-state index contributed by atoms with van der Waals surface area (Å²) in [5, 5.41) is 6.38. The van der Waals surface area contributed by atoms with Gasteiger partial charge in [-0.15, -0.1) is 0 Å². The second kappa shape index (κ2) is 9.03. The van der Waals surface area contributed by atoms with Gasteiger partial charge in [-0.25, -0.2) is 0 Å². The fraction of sp³-hybridized carbons (Fsp3) is 0.600. The van der Waals surface area contributed by atoms with Crippen molar-refractivity contribution in [2.45, 2.75) is 38.6 Å². The summed E-state index contributed by atoms with van der Waals surface area (Å²) in [4.78, 5) is 26.6. The van der Waals surface area contributed by atoms with E-state index in [1.54, 1.807) is 0 Å². The number of likely N-dealkylation sites (tertiary alicyclic amines) is 1. The standard InChI is InChI=1S/C20H29N3O3/c1-2-17(22-20(25)15-9-10-21-13-15)16-7-3-4-8-18(16)26-14-19(24)23-11-5-6-12-23/h3-4,7-8,15,17,21H,2,5-6,9-14H2,1H3,(H,22,25). The fourth-order valence-electron chi connectivity index (χ4n) is 3.66. The van der Waals surface area contributed by atoms with Crippen LogP contribution in [-0.2, 0) is 9.59 Å². The lowest BCUT2D eigenvalue weighted by Gasteiger charge is -2.23. The van der Waals surface area contributed by atoms with Crippen molar-refractivity contribution in [3.63, 3.8) is 0 Å². The highest BCUT2D eigenvalue weighted by Crippen LogP contribution is 2.28. The summed E-state index contributed by atoms with van der Waals surface area (Å²) in [5.41, 5.74) is 0.934. The molecule has 2 amide bonds. The molecule has 2 aliphatic rings. The van der Waals surface area contributed by atoms with Gasteiger partial charge >= 0.3 is 0 Å². The van der Waals surface area contributed by atoms with Crippen LogP contribution in [0.15, 0.2) is 24.3 Å². The molecule has 2 fully saturated rings. The second-order valence-electron chi connectivity index (χ2n) is 7.07. The van der Waals surface area contributed by atoms with Gasteiger partial charge in [0.05, 0.1) is 12.0 Å². The second-order valence-corrected chi connectivity index (χ2v) is 7.07. The molecular weight excluding hydrogens is 330 g/mol. The average Bonchev–Trinajstić information content (AvgIpc) is 3.38. The Labute approximate surface area is 155 Å². The number of rotatable bonds is 7. The monoisotopic (exact) mass is 359 g/mol. The molecule has 3 rings (SSSR count). The Morgan fingerprint density at radius 2 is 2.08 bits per heavy atom. The highest BCUT2D eigenvalue weighted by atomic mass is 16.5. The molecule has 26 heavy (non-hydrogen) atoms. The molecule has 0 aromatic heterocycles. The van der Waals surface area contributed by atoms with Crippen LogP contribution < -0.4 is 15.4 Å². The van der Waals surface area contributed by atoms with Gasteiger partial charge in [-0.05, 0) is 38.3 Å². The lowest BCUT2D eigenvalue weighted by atomic mass is 10.0. The summed E-state index contributed by atoms with van der Waals surface area (Å²) >= 11 is 0. The largest absolute Gasteiger partial charge is 0.483 e. The van der Waals surface area contributed by atoms with E-state index in [1.807, 2.05) is 36.1 Å². The summed E-state index contributed by atoms with van der Waals surface area (Å²) in [6.07, 6.45) is 3.79. The first-order valence-corrected chi connectivity index (χ1v) is 9.69. The van der Waals surface area contributed by atoms with Gasteiger partial charge in [-0.3, -0.25) is 9.59 Å². The van der Waals surface area contributed by atoms with Crippen LogP contribution in [0.2, 0.25) is 0 Å². The van der Waals surface area contributed by atoms with Crippen molar-refractivity contribution in [3.05, 3.63) is 29.8 Å². The summed E-state index contributed by atoms with van der Waals surface area (Å²) in [6.45, 7) is 5.38.